The van der Waals surface area contributed by atoms with Gasteiger partial charge in [-0.1, -0.05) is 36.4 Å². The van der Waals surface area contributed by atoms with Gasteiger partial charge in [-0.25, -0.2) is 18.7 Å². The Morgan fingerprint density at radius 3 is 2.38 bits per heavy atom. The minimum absolute atomic E-state index is 0.151. The molecule has 0 spiro atoms. The van der Waals surface area contributed by atoms with Gasteiger partial charge in [0.15, 0.2) is 5.65 Å². The molecule has 2 heterocycles. The topological polar surface area (TPSA) is 56.9 Å². The van der Waals surface area contributed by atoms with Gasteiger partial charge in [-0.15, -0.1) is 0 Å². The second kappa shape index (κ2) is 6.40. The van der Waals surface area contributed by atoms with Crippen LogP contribution in [0.5, 0.6) is 0 Å². The van der Waals surface area contributed by atoms with Crippen LogP contribution >= 0.6 is 0 Å². The first-order valence-electron chi connectivity index (χ1n) is 8.06. The lowest BCUT2D eigenvalue weighted by Crippen LogP contribution is -2.40. The van der Waals surface area contributed by atoms with Crippen molar-refractivity contribution in [3.63, 3.8) is 0 Å². The molecule has 0 aliphatic rings. The molecule has 0 fully saturated rings. The molecule has 0 aliphatic carbocycles. The Labute approximate surface area is 147 Å². The fourth-order valence-corrected chi connectivity index (χ4v) is 2.93. The minimum Gasteiger partial charge on any atom is -0.268 e. The van der Waals surface area contributed by atoms with Gasteiger partial charge in [0.2, 0.25) is 0 Å². The molecule has 0 saturated carbocycles. The molecule has 0 unspecified atom stereocenters. The lowest BCUT2D eigenvalue weighted by molar-refractivity contribution is 0.587. The average Bonchev–Trinajstić information content (AvgIpc) is 2.67. The third-order valence-corrected chi connectivity index (χ3v) is 4.20. The van der Waals surface area contributed by atoms with E-state index < -0.39 is 17.1 Å². The Hall–Kier alpha value is -3.54. The largest absolute Gasteiger partial charge is 0.337 e. The first-order chi connectivity index (χ1) is 12.7. The third kappa shape index (κ3) is 2.61. The van der Waals surface area contributed by atoms with Gasteiger partial charge in [-0.2, -0.15) is 0 Å². The summed E-state index contributed by atoms with van der Waals surface area (Å²) in [6.07, 6.45) is 1.53. The fourth-order valence-electron chi connectivity index (χ4n) is 2.93. The summed E-state index contributed by atoms with van der Waals surface area (Å²) in [4.78, 5) is 30.1. The van der Waals surface area contributed by atoms with Crippen molar-refractivity contribution in [1.29, 1.82) is 0 Å². The second-order valence-electron chi connectivity index (χ2n) is 5.81. The van der Waals surface area contributed by atoms with E-state index in [-0.39, 0.29) is 17.8 Å². The Morgan fingerprint density at radius 1 is 0.885 bits per heavy atom. The van der Waals surface area contributed by atoms with Crippen LogP contribution in [0.25, 0.3) is 16.7 Å². The number of benzene rings is 2. The van der Waals surface area contributed by atoms with Crippen LogP contribution in [-0.4, -0.2) is 14.1 Å². The number of pyridine rings is 1. The van der Waals surface area contributed by atoms with Gasteiger partial charge in [-0.05, 0) is 30.3 Å². The molecule has 5 nitrogen and oxygen atoms in total. The highest BCUT2D eigenvalue weighted by Crippen LogP contribution is 2.12. The molecule has 0 atom stereocenters. The number of rotatable bonds is 3. The maximum atomic E-state index is 14.0. The molecule has 0 bridgehead atoms. The van der Waals surface area contributed by atoms with Crippen molar-refractivity contribution in [1.82, 2.24) is 14.1 Å². The summed E-state index contributed by atoms with van der Waals surface area (Å²) in [5.74, 6) is -0.462. The van der Waals surface area contributed by atoms with E-state index in [9.17, 15) is 14.0 Å². The first-order valence-corrected chi connectivity index (χ1v) is 8.06. The number of halogens is 1. The van der Waals surface area contributed by atoms with Gasteiger partial charge < -0.3 is 0 Å². The van der Waals surface area contributed by atoms with E-state index in [1.165, 1.54) is 16.8 Å². The van der Waals surface area contributed by atoms with Gasteiger partial charge in [0.05, 0.1) is 17.6 Å². The Bertz CT molecular complexity index is 1210. The fraction of sp³-hybridized carbons (Fsp3) is 0.0500. The maximum absolute atomic E-state index is 14.0. The van der Waals surface area contributed by atoms with Gasteiger partial charge in [-0.3, -0.25) is 9.36 Å². The molecular formula is C20H14FN3O2. The van der Waals surface area contributed by atoms with Crippen molar-refractivity contribution in [3.8, 4) is 5.69 Å². The summed E-state index contributed by atoms with van der Waals surface area (Å²) in [5.41, 5.74) is 0.0840. The molecule has 0 aliphatic heterocycles. The van der Waals surface area contributed by atoms with Crippen molar-refractivity contribution in [2.75, 3.05) is 0 Å². The Balaban J connectivity index is 2.05. The molecule has 2 aromatic heterocycles. The van der Waals surface area contributed by atoms with Crippen molar-refractivity contribution >= 4 is 11.0 Å². The highest BCUT2D eigenvalue weighted by molar-refractivity contribution is 5.75. The highest BCUT2D eigenvalue weighted by Gasteiger charge is 2.16. The van der Waals surface area contributed by atoms with Crippen LogP contribution in [0.4, 0.5) is 4.39 Å². The van der Waals surface area contributed by atoms with E-state index in [4.69, 9.17) is 0 Å². The van der Waals surface area contributed by atoms with E-state index in [0.29, 0.717) is 11.1 Å². The summed E-state index contributed by atoms with van der Waals surface area (Å²) >= 11 is 0. The number of hydrogen-bond donors (Lipinski definition) is 0. The molecule has 128 valence electrons. The lowest BCUT2D eigenvalue weighted by atomic mass is 10.2. The van der Waals surface area contributed by atoms with E-state index in [0.717, 1.165) is 4.57 Å². The van der Waals surface area contributed by atoms with E-state index in [2.05, 4.69) is 4.98 Å². The standard InChI is InChI=1S/C20H14FN3O2/c21-17-11-5-4-7-14(17)13-23-19(25)16-10-6-12-22-18(16)24(20(23)26)15-8-2-1-3-9-15/h1-12H,13H2. The van der Waals surface area contributed by atoms with E-state index in [1.807, 2.05) is 6.07 Å². The molecule has 26 heavy (non-hydrogen) atoms. The molecule has 4 rings (SSSR count). The SMILES string of the molecule is O=c1c2cccnc2n(-c2ccccc2)c(=O)n1Cc1ccccc1F. The zero-order chi connectivity index (χ0) is 18.1. The normalized spacial score (nSPS) is 11.0. The van der Waals surface area contributed by atoms with Gasteiger partial charge >= 0.3 is 5.69 Å². The molecule has 2 aromatic carbocycles. The van der Waals surface area contributed by atoms with Crippen LogP contribution in [0.2, 0.25) is 0 Å². The predicted molar refractivity (Wildman–Crippen MR) is 97.1 cm³/mol. The van der Waals surface area contributed by atoms with E-state index >= 15 is 0 Å². The quantitative estimate of drug-likeness (QED) is 0.573. The number of hydrogen-bond acceptors (Lipinski definition) is 3. The molecule has 0 radical (unpaired) electrons. The Morgan fingerprint density at radius 2 is 1.62 bits per heavy atom. The number of fused-ring (bicyclic) bond motifs is 1. The van der Waals surface area contributed by atoms with Crippen LogP contribution < -0.4 is 11.2 Å². The summed E-state index contributed by atoms with van der Waals surface area (Å²) < 4.78 is 16.4. The van der Waals surface area contributed by atoms with Gasteiger partial charge in [0.25, 0.3) is 5.56 Å². The third-order valence-electron chi connectivity index (χ3n) is 4.20. The molecule has 0 amide bonds. The summed E-state index contributed by atoms with van der Waals surface area (Å²) in [6, 6.07) is 18.3. The van der Waals surface area contributed by atoms with Crippen LogP contribution in [-0.2, 0) is 6.54 Å². The zero-order valence-corrected chi connectivity index (χ0v) is 13.7. The molecule has 0 N–H and O–H groups in total. The van der Waals surface area contributed by atoms with Crippen LogP contribution in [0.15, 0.2) is 82.5 Å². The van der Waals surface area contributed by atoms with E-state index in [1.54, 1.807) is 54.6 Å². The summed E-state index contributed by atoms with van der Waals surface area (Å²) in [5, 5.41) is 0.298. The molecule has 0 saturated heterocycles. The van der Waals surface area contributed by atoms with Gasteiger partial charge in [0, 0.05) is 11.8 Å². The molecule has 4 aromatic rings. The number of nitrogens with zero attached hydrogens (tertiary/aromatic N) is 3. The number of aromatic nitrogens is 3. The minimum atomic E-state index is -0.560. The maximum Gasteiger partial charge on any atom is 0.337 e. The zero-order valence-electron chi connectivity index (χ0n) is 13.7. The average molecular weight is 347 g/mol. The van der Waals surface area contributed by atoms with Gasteiger partial charge in [0.1, 0.15) is 5.82 Å². The highest BCUT2D eigenvalue weighted by atomic mass is 19.1. The monoisotopic (exact) mass is 347 g/mol. The van der Waals surface area contributed by atoms with Crippen LogP contribution in [0.1, 0.15) is 5.56 Å². The predicted octanol–water partition coefficient (Wildman–Crippen LogP) is 2.73. The molecule has 6 heteroatoms. The number of para-hydroxylation sites is 1. The second-order valence-corrected chi connectivity index (χ2v) is 5.81. The molecular weight excluding hydrogens is 333 g/mol. The van der Waals surface area contributed by atoms with Crippen molar-refractivity contribution in [2.24, 2.45) is 0 Å². The van der Waals surface area contributed by atoms with Crippen LogP contribution in [0, 0.1) is 5.82 Å². The van der Waals surface area contributed by atoms with Crippen molar-refractivity contribution in [2.45, 2.75) is 6.54 Å². The summed E-state index contributed by atoms with van der Waals surface area (Å²) in [7, 11) is 0. The van der Waals surface area contributed by atoms with Crippen molar-refractivity contribution < 1.29 is 4.39 Å². The summed E-state index contributed by atoms with van der Waals surface area (Å²) in [6.45, 7) is -0.151. The first kappa shape index (κ1) is 16.0. The lowest BCUT2D eigenvalue weighted by Gasteiger charge is -2.13. The smallest absolute Gasteiger partial charge is 0.268 e. The van der Waals surface area contributed by atoms with Crippen LogP contribution in [0.3, 0.4) is 0 Å². The Kier molecular flexibility index (Phi) is 3.93. The van der Waals surface area contributed by atoms with Crippen molar-refractivity contribution in [3.05, 3.63) is 105 Å².